The summed E-state index contributed by atoms with van der Waals surface area (Å²) < 4.78 is 10.5. The molecule has 1 aliphatic rings. The second kappa shape index (κ2) is 8.76. The average Bonchev–Trinajstić information content (AvgIpc) is 3.17. The average molecular weight is 403 g/mol. The minimum atomic E-state index is -0.903. The number of anilines is 1. The number of nitro benzene ring substituents is 1. The normalized spacial score (nSPS) is 14.2. The number of carbonyl (C=O) groups is 1. The molecule has 0 aliphatic carbocycles. The van der Waals surface area contributed by atoms with Crippen LogP contribution in [0, 0.1) is 10.1 Å². The molecule has 0 saturated heterocycles. The van der Waals surface area contributed by atoms with Crippen molar-refractivity contribution < 1.29 is 29.4 Å². The molecule has 0 saturated carbocycles. The molecule has 0 unspecified atom stereocenters. The van der Waals surface area contributed by atoms with Crippen LogP contribution in [0.25, 0.3) is 0 Å². The highest BCUT2D eigenvalue weighted by atomic mass is 16.7. The molecule has 29 heavy (non-hydrogen) atoms. The van der Waals surface area contributed by atoms with Crippen LogP contribution in [0.4, 0.5) is 11.4 Å². The zero-order valence-electron chi connectivity index (χ0n) is 15.6. The number of fused-ring (bicyclic) bond motifs is 1. The number of benzene rings is 2. The Morgan fingerprint density at radius 1 is 1.24 bits per heavy atom. The molecule has 1 aliphatic heterocycles. The lowest BCUT2D eigenvalue weighted by Crippen LogP contribution is -2.35. The first-order valence-corrected chi connectivity index (χ1v) is 8.89. The molecule has 154 valence electrons. The van der Waals surface area contributed by atoms with E-state index < -0.39 is 23.0 Å². The third-order valence-electron chi connectivity index (χ3n) is 4.47. The van der Waals surface area contributed by atoms with Gasteiger partial charge in [-0.15, -0.1) is 0 Å². The molecule has 2 aromatic rings. The van der Waals surface area contributed by atoms with Gasteiger partial charge >= 0.3 is 0 Å². The van der Waals surface area contributed by atoms with Crippen LogP contribution in [0.1, 0.15) is 22.8 Å². The second-order valence-corrected chi connectivity index (χ2v) is 6.53. The lowest BCUT2D eigenvalue weighted by molar-refractivity contribution is -0.384. The fraction of sp³-hybridized carbons (Fsp3) is 0.316. The van der Waals surface area contributed by atoms with Crippen molar-refractivity contribution in [3.63, 3.8) is 0 Å². The lowest BCUT2D eigenvalue weighted by atomic mass is 10.1. The van der Waals surface area contributed by atoms with Gasteiger partial charge in [-0.2, -0.15) is 0 Å². The Balaban J connectivity index is 1.79. The summed E-state index contributed by atoms with van der Waals surface area (Å²) >= 11 is 0. The Morgan fingerprint density at radius 3 is 2.69 bits per heavy atom. The van der Waals surface area contributed by atoms with Crippen molar-refractivity contribution in [2.45, 2.75) is 25.6 Å². The smallest absolute Gasteiger partial charge is 0.270 e. The molecule has 0 spiro atoms. The van der Waals surface area contributed by atoms with Gasteiger partial charge in [-0.25, -0.2) is 0 Å². The Morgan fingerprint density at radius 2 is 2.00 bits per heavy atom. The van der Waals surface area contributed by atoms with Gasteiger partial charge in [0.15, 0.2) is 11.5 Å². The number of hydrogen-bond acceptors (Lipinski definition) is 8. The van der Waals surface area contributed by atoms with Gasteiger partial charge in [0.05, 0.1) is 29.2 Å². The topological polar surface area (TPSA) is 143 Å². The quantitative estimate of drug-likeness (QED) is 0.383. The molecular weight excluding hydrogens is 382 g/mol. The van der Waals surface area contributed by atoms with E-state index >= 15 is 0 Å². The highest BCUT2D eigenvalue weighted by Crippen LogP contribution is 2.32. The van der Waals surface area contributed by atoms with Crippen LogP contribution in [-0.4, -0.2) is 46.6 Å². The van der Waals surface area contributed by atoms with Crippen molar-refractivity contribution in [2.24, 2.45) is 0 Å². The Labute approximate surface area is 166 Å². The number of aliphatic hydroxyl groups excluding tert-OH is 2. The molecule has 2 aromatic carbocycles. The summed E-state index contributed by atoms with van der Waals surface area (Å²) in [6, 6.07) is 8.27. The first-order valence-electron chi connectivity index (χ1n) is 8.89. The van der Waals surface area contributed by atoms with Crippen LogP contribution in [0.15, 0.2) is 36.4 Å². The molecule has 10 heteroatoms. The largest absolute Gasteiger partial charge is 0.454 e. The molecule has 0 aromatic heterocycles. The van der Waals surface area contributed by atoms with E-state index in [1.165, 1.54) is 19.1 Å². The van der Waals surface area contributed by atoms with Gasteiger partial charge in [0.2, 0.25) is 6.79 Å². The number of nitro groups is 1. The number of ether oxygens (including phenoxy) is 2. The van der Waals surface area contributed by atoms with Crippen LogP contribution < -0.4 is 20.1 Å². The predicted molar refractivity (Wildman–Crippen MR) is 103 cm³/mol. The summed E-state index contributed by atoms with van der Waals surface area (Å²) in [5.74, 6) is 0.659. The van der Waals surface area contributed by atoms with Crippen molar-refractivity contribution in [1.29, 1.82) is 0 Å². The van der Waals surface area contributed by atoms with E-state index in [0.29, 0.717) is 11.5 Å². The van der Waals surface area contributed by atoms with Gasteiger partial charge in [0, 0.05) is 24.4 Å². The highest BCUT2D eigenvalue weighted by Gasteiger charge is 2.21. The summed E-state index contributed by atoms with van der Waals surface area (Å²) in [7, 11) is 0. The molecule has 2 atom stereocenters. The van der Waals surface area contributed by atoms with Crippen LogP contribution in [0.2, 0.25) is 0 Å². The Bertz CT molecular complexity index is 917. The van der Waals surface area contributed by atoms with Crippen LogP contribution >= 0.6 is 0 Å². The number of amides is 1. The summed E-state index contributed by atoms with van der Waals surface area (Å²) in [5.41, 5.74) is 0.805. The van der Waals surface area contributed by atoms with E-state index in [4.69, 9.17) is 9.47 Å². The number of hydrogen-bond donors (Lipinski definition) is 4. The van der Waals surface area contributed by atoms with Crippen molar-refractivity contribution >= 4 is 17.3 Å². The van der Waals surface area contributed by atoms with Gasteiger partial charge in [-0.1, -0.05) is 6.07 Å². The monoisotopic (exact) mass is 403 g/mol. The van der Waals surface area contributed by atoms with Crippen LogP contribution in [0.3, 0.4) is 0 Å². The number of aliphatic hydroxyl groups is 2. The molecule has 0 radical (unpaired) electrons. The first kappa shape index (κ1) is 20.4. The van der Waals surface area contributed by atoms with E-state index in [-0.39, 0.29) is 36.9 Å². The number of rotatable bonds is 8. The van der Waals surface area contributed by atoms with Gasteiger partial charge in [0.1, 0.15) is 0 Å². The Kier molecular flexibility index (Phi) is 6.15. The van der Waals surface area contributed by atoms with Crippen molar-refractivity contribution in [2.75, 3.05) is 18.7 Å². The molecule has 3 rings (SSSR count). The summed E-state index contributed by atoms with van der Waals surface area (Å²) in [6.45, 7) is 1.41. The highest BCUT2D eigenvalue weighted by molar-refractivity contribution is 6.00. The van der Waals surface area contributed by atoms with E-state index in [1.807, 2.05) is 0 Å². The summed E-state index contributed by atoms with van der Waals surface area (Å²) in [4.78, 5) is 23.2. The fourth-order valence-electron chi connectivity index (χ4n) is 2.81. The van der Waals surface area contributed by atoms with Crippen LogP contribution in [-0.2, 0) is 6.54 Å². The fourth-order valence-corrected chi connectivity index (χ4v) is 2.81. The molecule has 1 heterocycles. The van der Waals surface area contributed by atoms with E-state index in [1.54, 1.807) is 18.2 Å². The number of carbonyl (C=O) groups excluding carboxylic acids is 1. The van der Waals surface area contributed by atoms with E-state index in [2.05, 4.69) is 10.6 Å². The number of nitrogens with zero attached hydrogens (tertiary/aromatic N) is 1. The molecule has 0 fully saturated rings. The molecular formula is C19H21N3O7. The maximum absolute atomic E-state index is 12.7. The van der Waals surface area contributed by atoms with E-state index in [9.17, 15) is 25.1 Å². The summed E-state index contributed by atoms with van der Waals surface area (Å²) in [6.07, 6.45) is -0.903. The third-order valence-corrected chi connectivity index (χ3v) is 4.47. The molecule has 4 N–H and O–H groups in total. The number of non-ortho nitro benzene ring substituents is 1. The first-order chi connectivity index (χ1) is 13.9. The minimum absolute atomic E-state index is 0.0269. The van der Waals surface area contributed by atoms with Gasteiger partial charge < -0.3 is 30.3 Å². The molecule has 0 bridgehead atoms. The van der Waals surface area contributed by atoms with Gasteiger partial charge in [-0.05, 0) is 30.7 Å². The zero-order valence-corrected chi connectivity index (χ0v) is 15.6. The number of nitrogens with one attached hydrogen (secondary N) is 2. The Hall–Kier alpha value is -3.37. The summed E-state index contributed by atoms with van der Waals surface area (Å²) in [5, 5.41) is 35.8. The van der Waals surface area contributed by atoms with Gasteiger partial charge in [-0.3, -0.25) is 14.9 Å². The second-order valence-electron chi connectivity index (χ2n) is 6.53. The SMILES string of the molecule is C[C@@H](O)[C@@H](CO)Nc1ccc([N+](=O)[O-])cc1C(=O)NCc1ccc2c(c1)OCO2. The predicted octanol–water partition coefficient (Wildman–Crippen LogP) is 1.41. The third kappa shape index (κ3) is 4.73. The molecule has 10 nitrogen and oxygen atoms in total. The van der Waals surface area contributed by atoms with Crippen LogP contribution in [0.5, 0.6) is 11.5 Å². The van der Waals surface area contributed by atoms with Gasteiger partial charge in [0.25, 0.3) is 11.6 Å². The van der Waals surface area contributed by atoms with Crippen molar-refractivity contribution in [3.05, 3.63) is 57.6 Å². The van der Waals surface area contributed by atoms with Crippen molar-refractivity contribution in [1.82, 2.24) is 5.32 Å². The zero-order chi connectivity index (χ0) is 21.0. The minimum Gasteiger partial charge on any atom is -0.454 e. The maximum Gasteiger partial charge on any atom is 0.270 e. The van der Waals surface area contributed by atoms with Crippen molar-refractivity contribution in [3.8, 4) is 11.5 Å². The standard InChI is InChI=1S/C19H21N3O7/c1-11(24)16(9-23)21-15-4-3-13(22(26)27)7-14(15)19(25)20-8-12-2-5-17-18(6-12)29-10-28-17/h2-7,11,16,21,23-24H,8-10H2,1H3,(H,20,25)/t11-,16-/m1/s1. The molecule has 1 amide bonds. The maximum atomic E-state index is 12.7. The lowest BCUT2D eigenvalue weighted by Gasteiger charge is -2.22. The van der Waals surface area contributed by atoms with E-state index in [0.717, 1.165) is 11.6 Å².